The summed E-state index contributed by atoms with van der Waals surface area (Å²) < 4.78 is 12.4. The van der Waals surface area contributed by atoms with E-state index in [1.165, 1.54) is 0 Å². The Kier molecular flexibility index (Phi) is 3.46. The first-order chi connectivity index (χ1) is 11.2. The maximum absolute atomic E-state index is 12.4. The van der Waals surface area contributed by atoms with Crippen LogP contribution < -0.4 is 5.56 Å². The molecule has 0 aliphatic carbocycles. The fraction of sp³-hybridized carbons (Fsp3) is 0.353. The second-order valence-corrected chi connectivity index (χ2v) is 5.88. The van der Waals surface area contributed by atoms with Gasteiger partial charge >= 0.3 is 0 Å². The standard InChI is InChI=1S/C17H17N3O3/c1-11-8-16(21)20(14-5-3-2-4-13(11)14)9-15-18-17(19-23-15)12-6-7-22-10-12/h2-5,8,12H,6-7,9-10H2,1H3. The van der Waals surface area contributed by atoms with Crippen LogP contribution in [0.1, 0.15) is 29.6 Å². The number of fused-ring (bicyclic) bond motifs is 1. The molecule has 3 heterocycles. The van der Waals surface area contributed by atoms with Crippen molar-refractivity contribution in [1.82, 2.24) is 14.7 Å². The van der Waals surface area contributed by atoms with Gasteiger partial charge in [-0.1, -0.05) is 23.4 Å². The molecule has 6 nitrogen and oxygen atoms in total. The fourth-order valence-electron chi connectivity index (χ4n) is 3.04. The van der Waals surface area contributed by atoms with Crippen LogP contribution in [0.4, 0.5) is 0 Å². The highest BCUT2D eigenvalue weighted by molar-refractivity contribution is 5.82. The summed E-state index contributed by atoms with van der Waals surface area (Å²) in [5.41, 5.74) is 1.78. The minimum Gasteiger partial charge on any atom is -0.381 e. The molecule has 1 fully saturated rings. The molecule has 6 heteroatoms. The molecule has 23 heavy (non-hydrogen) atoms. The maximum Gasteiger partial charge on any atom is 0.251 e. The number of benzene rings is 1. The van der Waals surface area contributed by atoms with E-state index in [0.29, 0.717) is 18.3 Å². The molecular weight excluding hydrogens is 294 g/mol. The average molecular weight is 311 g/mol. The number of hydrogen-bond acceptors (Lipinski definition) is 5. The Morgan fingerprint density at radius 3 is 3.04 bits per heavy atom. The lowest BCUT2D eigenvalue weighted by atomic mass is 10.1. The van der Waals surface area contributed by atoms with Gasteiger partial charge in [0.1, 0.15) is 6.54 Å². The molecule has 0 N–H and O–H groups in total. The topological polar surface area (TPSA) is 70.2 Å². The normalized spacial score (nSPS) is 17.9. The zero-order chi connectivity index (χ0) is 15.8. The quantitative estimate of drug-likeness (QED) is 0.742. The molecule has 1 atom stereocenters. The van der Waals surface area contributed by atoms with Crippen LogP contribution in [0.15, 0.2) is 39.6 Å². The van der Waals surface area contributed by atoms with Gasteiger partial charge in [-0.05, 0) is 25.0 Å². The monoisotopic (exact) mass is 311 g/mol. The van der Waals surface area contributed by atoms with Crippen molar-refractivity contribution in [2.45, 2.75) is 25.8 Å². The lowest BCUT2D eigenvalue weighted by Gasteiger charge is -2.09. The summed E-state index contributed by atoms with van der Waals surface area (Å²) in [5, 5.41) is 5.09. The zero-order valence-corrected chi connectivity index (χ0v) is 12.9. The maximum atomic E-state index is 12.4. The smallest absolute Gasteiger partial charge is 0.251 e. The summed E-state index contributed by atoms with van der Waals surface area (Å²) in [5.74, 6) is 1.31. The Bertz CT molecular complexity index is 907. The van der Waals surface area contributed by atoms with Crippen LogP contribution in [0, 0.1) is 6.92 Å². The van der Waals surface area contributed by atoms with Gasteiger partial charge in [-0.3, -0.25) is 9.36 Å². The molecule has 0 saturated carbocycles. The zero-order valence-electron chi connectivity index (χ0n) is 12.9. The van der Waals surface area contributed by atoms with Gasteiger partial charge < -0.3 is 9.26 Å². The van der Waals surface area contributed by atoms with Crippen molar-refractivity contribution in [1.29, 1.82) is 0 Å². The van der Waals surface area contributed by atoms with Gasteiger partial charge in [-0.15, -0.1) is 0 Å². The number of aryl methyl sites for hydroxylation is 1. The van der Waals surface area contributed by atoms with Crippen molar-refractivity contribution in [3.8, 4) is 0 Å². The number of pyridine rings is 1. The van der Waals surface area contributed by atoms with Crippen molar-refractivity contribution in [2.75, 3.05) is 13.2 Å². The fourth-order valence-corrected chi connectivity index (χ4v) is 3.04. The molecule has 3 aromatic rings. The predicted octanol–water partition coefficient (Wildman–Crippen LogP) is 2.25. The van der Waals surface area contributed by atoms with Crippen LogP contribution in [0.2, 0.25) is 0 Å². The van der Waals surface area contributed by atoms with Crippen molar-refractivity contribution >= 4 is 10.9 Å². The molecule has 1 aliphatic rings. The first kappa shape index (κ1) is 14.1. The van der Waals surface area contributed by atoms with Crippen LogP contribution >= 0.6 is 0 Å². The molecule has 0 amide bonds. The van der Waals surface area contributed by atoms with E-state index in [9.17, 15) is 4.79 Å². The molecule has 1 aliphatic heterocycles. The summed E-state index contributed by atoms with van der Waals surface area (Å²) in [6, 6.07) is 9.48. The highest BCUT2D eigenvalue weighted by atomic mass is 16.5. The van der Waals surface area contributed by atoms with E-state index in [2.05, 4.69) is 10.1 Å². The summed E-state index contributed by atoms with van der Waals surface area (Å²) in [4.78, 5) is 16.8. The second kappa shape index (κ2) is 5.62. The van der Waals surface area contributed by atoms with Gasteiger partial charge in [0.15, 0.2) is 5.82 Å². The number of nitrogens with zero attached hydrogens (tertiary/aromatic N) is 3. The van der Waals surface area contributed by atoms with Gasteiger partial charge in [0, 0.05) is 24.0 Å². The molecule has 1 unspecified atom stereocenters. The van der Waals surface area contributed by atoms with Crippen LogP contribution in [0.3, 0.4) is 0 Å². The van der Waals surface area contributed by atoms with E-state index in [0.717, 1.165) is 29.5 Å². The summed E-state index contributed by atoms with van der Waals surface area (Å²) in [7, 11) is 0. The molecule has 1 aromatic carbocycles. The lowest BCUT2D eigenvalue weighted by molar-refractivity contribution is 0.192. The van der Waals surface area contributed by atoms with Crippen molar-refractivity contribution < 1.29 is 9.26 Å². The third-order valence-corrected chi connectivity index (χ3v) is 4.30. The van der Waals surface area contributed by atoms with E-state index >= 15 is 0 Å². The van der Waals surface area contributed by atoms with Crippen LogP contribution in [-0.4, -0.2) is 27.9 Å². The number of rotatable bonds is 3. The van der Waals surface area contributed by atoms with Crippen molar-refractivity contribution in [3.63, 3.8) is 0 Å². The van der Waals surface area contributed by atoms with E-state index in [1.54, 1.807) is 10.6 Å². The van der Waals surface area contributed by atoms with Gasteiger partial charge in [0.2, 0.25) is 5.89 Å². The largest absolute Gasteiger partial charge is 0.381 e. The second-order valence-electron chi connectivity index (χ2n) is 5.88. The van der Waals surface area contributed by atoms with E-state index in [1.807, 2.05) is 31.2 Å². The third kappa shape index (κ3) is 2.55. The summed E-state index contributed by atoms with van der Waals surface area (Å²) >= 11 is 0. The minimum atomic E-state index is -0.0647. The highest BCUT2D eigenvalue weighted by Gasteiger charge is 2.23. The predicted molar refractivity (Wildman–Crippen MR) is 84.5 cm³/mol. The SMILES string of the molecule is Cc1cc(=O)n(Cc2nc(C3CCOC3)no2)c2ccccc12. The molecule has 2 aromatic heterocycles. The number of aromatic nitrogens is 3. The Hall–Kier alpha value is -2.47. The molecule has 118 valence electrons. The van der Waals surface area contributed by atoms with Gasteiger partial charge in [-0.2, -0.15) is 4.98 Å². The first-order valence-corrected chi connectivity index (χ1v) is 7.72. The van der Waals surface area contributed by atoms with E-state index in [-0.39, 0.29) is 18.0 Å². The van der Waals surface area contributed by atoms with Crippen LogP contribution in [-0.2, 0) is 11.3 Å². The van der Waals surface area contributed by atoms with Gasteiger partial charge in [0.25, 0.3) is 5.56 Å². The van der Waals surface area contributed by atoms with Crippen LogP contribution in [0.5, 0.6) is 0 Å². The lowest BCUT2D eigenvalue weighted by Crippen LogP contribution is -2.21. The molecule has 0 bridgehead atoms. The minimum absolute atomic E-state index is 0.0647. The van der Waals surface area contributed by atoms with E-state index < -0.39 is 0 Å². The van der Waals surface area contributed by atoms with Gasteiger partial charge in [0.05, 0.1) is 12.1 Å². The molecule has 4 rings (SSSR count). The van der Waals surface area contributed by atoms with Gasteiger partial charge in [-0.25, -0.2) is 0 Å². The summed E-state index contributed by atoms with van der Waals surface area (Å²) in [6.07, 6.45) is 0.909. The molecule has 0 radical (unpaired) electrons. The molecular formula is C17H17N3O3. The Morgan fingerprint density at radius 1 is 1.35 bits per heavy atom. The Balaban J connectivity index is 1.72. The third-order valence-electron chi connectivity index (χ3n) is 4.30. The van der Waals surface area contributed by atoms with Crippen molar-refractivity contribution in [3.05, 3.63) is 58.0 Å². The molecule has 1 saturated heterocycles. The Morgan fingerprint density at radius 2 is 2.22 bits per heavy atom. The van der Waals surface area contributed by atoms with E-state index in [4.69, 9.17) is 9.26 Å². The Labute approximate surface area is 132 Å². The molecule has 0 spiro atoms. The number of para-hydroxylation sites is 1. The first-order valence-electron chi connectivity index (χ1n) is 7.72. The van der Waals surface area contributed by atoms with Crippen molar-refractivity contribution in [2.24, 2.45) is 0 Å². The highest BCUT2D eigenvalue weighted by Crippen LogP contribution is 2.23. The van der Waals surface area contributed by atoms with Crippen LogP contribution in [0.25, 0.3) is 10.9 Å². The number of ether oxygens (including phenoxy) is 1. The average Bonchev–Trinajstić information content (AvgIpc) is 3.22. The number of hydrogen-bond donors (Lipinski definition) is 0. The summed E-state index contributed by atoms with van der Waals surface area (Å²) in [6.45, 7) is 3.59.